The Morgan fingerprint density at radius 2 is 1.65 bits per heavy atom. The van der Waals surface area contributed by atoms with Crippen molar-refractivity contribution < 1.29 is 9.84 Å². The Morgan fingerprint density at radius 1 is 0.941 bits per heavy atom. The molecule has 2 aromatic rings. The minimum Gasteiger partial charge on any atom is -0.508 e. The normalized spacial score (nSPS) is 10.5. The number of ether oxygens (including phenoxy) is 1. The molecule has 17 heavy (non-hydrogen) atoms. The number of benzene rings is 2. The first kappa shape index (κ1) is 11.5. The van der Waals surface area contributed by atoms with Crippen molar-refractivity contribution in [3.63, 3.8) is 0 Å². The maximum atomic E-state index is 9.33. The van der Waals surface area contributed by atoms with Crippen molar-refractivity contribution in [2.75, 3.05) is 0 Å². The molecular formula is C15H16O2. The zero-order valence-corrected chi connectivity index (χ0v) is 10.1. The molecule has 2 rings (SSSR count). The van der Waals surface area contributed by atoms with Gasteiger partial charge in [-0.25, -0.2) is 0 Å². The molecule has 0 radical (unpaired) electrons. The summed E-state index contributed by atoms with van der Waals surface area (Å²) in [5.74, 6) is 2.15. The number of hydrogen-bond acceptors (Lipinski definition) is 2. The Hall–Kier alpha value is -1.96. The van der Waals surface area contributed by atoms with Gasteiger partial charge in [-0.05, 0) is 35.7 Å². The Labute approximate surface area is 101 Å². The van der Waals surface area contributed by atoms with Crippen LogP contribution in [-0.4, -0.2) is 5.11 Å². The number of aromatic hydroxyl groups is 1. The highest BCUT2D eigenvalue weighted by atomic mass is 16.5. The third kappa shape index (κ3) is 3.00. The predicted molar refractivity (Wildman–Crippen MR) is 68.7 cm³/mol. The van der Waals surface area contributed by atoms with Gasteiger partial charge in [0.1, 0.15) is 17.2 Å². The van der Waals surface area contributed by atoms with Crippen LogP contribution in [0.4, 0.5) is 0 Å². The van der Waals surface area contributed by atoms with Gasteiger partial charge in [-0.15, -0.1) is 0 Å². The van der Waals surface area contributed by atoms with E-state index in [1.165, 1.54) is 5.56 Å². The quantitative estimate of drug-likeness (QED) is 0.848. The van der Waals surface area contributed by atoms with Crippen molar-refractivity contribution in [1.29, 1.82) is 0 Å². The average molecular weight is 228 g/mol. The van der Waals surface area contributed by atoms with Crippen molar-refractivity contribution in [1.82, 2.24) is 0 Å². The van der Waals surface area contributed by atoms with Gasteiger partial charge in [0.2, 0.25) is 0 Å². The average Bonchev–Trinajstić information content (AvgIpc) is 2.29. The molecule has 88 valence electrons. The SMILES string of the molecule is CC(C)c1ccc(Oc2cccc(O)c2)cc1. The summed E-state index contributed by atoms with van der Waals surface area (Å²) in [5, 5.41) is 9.33. The van der Waals surface area contributed by atoms with Gasteiger partial charge in [0.05, 0.1) is 0 Å². The highest BCUT2D eigenvalue weighted by Gasteiger charge is 2.01. The first-order chi connectivity index (χ1) is 8.15. The van der Waals surface area contributed by atoms with Crippen LogP contribution in [0.15, 0.2) is 48.5 Å². The first-order valence-corrected chi connectivity index (χ1v) is 5.72. The highest BCUT2D eigenvalue weighted by molar-refractivity contribution is 5.37. The zero-order valence-electron chi connectivity index (χ0n) is 10.1. The molecule has 2 aromatic carbocycles. The molecule has 2 heteroatoms. The van der Waals surface area contributed by atoms with E-state index in [4.69, 9.17) is 4.74 Å². The van der Waals surface area contributed by atoms with Gasteiger partial charge in [0.25, 0.3) is 0 Å². The maximum Gasteiger partial charge on any atom is 0.131 e. The molecule has 0 saturated carbocycles. The summed E-state index contributed by atoms with van der Waals surface area (Å²) in [4.78, 5) is 0. The zero-order chi connectivity index (χ0) is 12.3. The van der Waals surface area contributed by atoms with E-state index >= 15 is 0 Å². The molecule has 1 N–H and O–H groups in total. The predicted octanol–water partition coefficient (Wildman–Crippen LogP) is 4.31. The van der Waals surface area contributed by atoms with Crippen LogP contribution in [0, 0.1) is 0 Å². The van der Waals surface area contributed by atoms with Crippen molar-refractivity contribution in [3.8, 4) is 17.2 Å². The van der Waals surface area contributed by atoms with E-state index < -0.39 is 0 Å². The van der Waals surface area contributed by atoms with Crippen LogP contribution in [0.2, 0.25) is 0 Å². The monoisotopic (exact) mass is 228 g/mol. The molecule has 0 aromatic heterocycles. The summed E-state index contributed by atoms with van der Waals surface area (Å²) in [7, 11) is 0. The lowest BCUT2D eigenvalue weighted by molar-refractivity contribution is 0.455. The van der Waals surface area contributed by atoms with E-state index in [1.807, 2.05) is 18.2 Å². The maximum absolute atomic E-state index is 9.33. The van der Waals surface area contributed by atoms with Crippen LogP contribution in [-0.2, 0) is 0 Å². The molecule has 0 aliphatic heterocycles. The second-order valence-electron chi connectivity index (χ2n) is 4.32. The van der Waals surface area contributed by atoms with E-state index in [1.54, 1.807) is 18.2 Å². The minimum absolute atomic E-state index is 0.210. The van der Waals surface area contributed by atoms with Gasteiger partial charge in [-0.2, -0.15) is 0 Å². The van der Waals surface area contributed by atoms with Crippen LogP contribution < -0.4 is 4.74 Å². The van der Waals surface area contributed by atoms with Gasteiger partial charge in [-0.3, -0.25) is 0 Å². The molecular weight excluding hydrogens is 212 g/mol. The van der Waals surface area contributed by atoms with Crippen LogP contribution in [0.5, 0.6) is 17.2 Å². The van der Waals surface area contributed by atoms with E-state index in [0.717, 1.165) is 5.75 Å². The molecule has 0 saturated heterocycles. The van der Waals surface area contributed by atoms with E-state index in [2.05, 4.69) is 26.0 Å². The molecule has 0 unspecified atom stereocenters. The minimum atomic E-state index is 0.210. The number of phenolic OH excluding ortho intramolecular Hbond substituents is 1. The number of phenols is 1. The van der Waals surface area contributed by atoms with E-state index in [9.17, 15) is 5.11 Å². The lowest BCUT2D eigenvalue weighted by atomic mass is 10.0. The fourth-order valence-electron chi connectivity index (χ4n) is 1.60. The molecule has 0 spiro atoms. The van der Waals surface area contributed by atoms with Gasteiger partial charge in [-0.1, -0.05) is 32.0 Å². The molecule has 0 aliphatic rings. The largest absolute Gasteiger partial charge is 0.508 e. The van der Waals surface area contributed by atoms with E-state index in [0.29, 0.717) is 11.7 Å². The summed E-state index contributed by atoms with van der Waals surface area (Å²) in [6, 6.07) is 14.8. The fourth-order valence-corrected chi connectivity index (χ4v) is 1.60. The first-order valence-electron chi connectivity index (χ1n) is 5.72. The highest BCUT2D eigenvalue weighted by Crippen LogP contribution is 2.25. The number of hydrogen-bond donors (Lipinski definition) is 1. The second-order valence-corrected chi connectivity index (χ2v) is 4.32. The smallest absolute Gasteiger partial charge is 0.131 e. The van der Waals surface area contributed by atoms with Gasteiger partial charge in [0.15, 0.2) is 0 Å². The summed E-state index contributed by atoms with van der Waals surface area (Å²) < 4.78 is 5.63. The second kappa shape index (κ2) is 4.91. The van der Waals surface area contributed by atoms with Crippen molar-refractivity contribution in [2.45, 2.75) is 19.8 Å². The summed E-state index contributed by atoms with van der Waals surface area (Å²) in [6.07, 6.45) is 0. The third-order valence-corrected chi connectivity index (χ3v) is 2.60. The van der Waals surface area contributed by atoms with Crippen molar-refractivity contribution >= 4 is 0 Å². The van der Waals surface area contributed by atoms with Crippen LogP contribution >= 0.6 is 0 Å². The van der Waals surface area contributed by atoms with Gasteiger partial charge < -0.3 is 9.84 Å². The molecule has 0 fully saturated rings. The Morgan fingerprint density at radius 3 is 2.24 bits per heavy atom. The summed E-state index contributed by atoms with van der Waals surface area (Å²) >= 11 is 0. The van der Waals surface area contributed by atoms with Crippen LogP contribution in [0.3, 0.4) is 0 Å². The van der Waals surface area contributed by atoms with Gasteiger partial charge >= 0.3 is 0 Å². The van der Waals surface area contributed by atoms with Crippen molar-refractivity contribution in [2.24, 2.45) is 0 Å². The Balaban J connectivity index is 2.14. The van der Waals surface area contributed by atoms with Crippen LogP contribution in [0.1, 0.15) is 25.3 Å². The molecule has 0 amide bonds. The summed E-state index contributed by atoms with van der Waals surface area (Å²) in [6.45, 7) is 4.32. The third-order valence-electron chi connectivity index (χ3n) is 2.60. The molecule has 2 nitrogen and oxygen atoms in total. The van der Waals surface area contributed by atoms with Crippen LogP contribution in [0.25, 0.3) is 0 Å². The molecule has 0 heterocycles. The number of rotatable bonds is 3. The fraction of sp³-hybridized carbons (Fsp3) is 0.200. The Kier molecular flexibility index (Phi) is 3.33. The van der Waals surface area contributed by atoms with Crippen molar-refractivity contribution in [3.05, 3.63) is 54.1 Å². The van der Waals surface area contributed by atoms with E-state index in [-0.39, 0.29) is 5.75 Å². The summed E-state index contributed by atoms with van der Waals surface area (Å²) in [5.41, 5.74) is 1.29. The lowest BCUT2D eigenvalue weighted by Gasteiger charge is -2.08. The Bertz CT molecular complexity index is 487. The molecule has 0 bridgehead atoms. The topological polar surface area (TPSA) is 29.5 Å². The van der Waals surface area contributed by atoms with Gasteiger partial charge in [0, 0.05) is 6.07 Å². The standard InChI is InChI=1S/C15H16O2/c1-11(2)12-6-8-14(9-7-12)17-15-5-3-4-13(16)10-15/h3-11,16H,1-2H3. The molecule has 0 atom stereocenters. The lowest BCUT2D eigenvalue weighted by Crippen LogP contribution is -1.88. The molecule has 0 aliphatic carbocycles.